The third kappa shape index (κ3) is 5.25. The van der Waals surface area contributed by atoms with E-state index >= 15 is 0 Å². The van der Waals surface area contributed by atoms with E-state index in [1.54, 1.807) is 0 Å². The molecule has 0 unspecified atom stereocenters. The number of rotatable bonds is 7. The topological polar surface area (TPSA) is 33.3 Å². The number of hydrogen-bond acceptors (Lipinski definition) is 3. The van der Waals surface area contributed by atoms with Crippen molar-refractivity contribution >= 4 is 0 Å². The van der Waals surface area contributed by atoms with Gasteiger partial charge in [0.2, 0.25) is 0 Å². The zero-order valence-corrected chi connectivity index (χ0v) is 8.93. The van der Waals surface area contributed by atoms with Crippen molar-refractivity contribution in [2.24, 2.45) is 5.92 Å². The minimum absolute atomic E-state index is 0.780. The predicted octanol–water partition coefficient (Wildman–Crippen LogP) is 1.13. The zero-order valence-electron chi connectivity index (χ0n) is 8.93. The van der Waals surface area contributed by atoms with Crippen LogP contribution in [0.15, 0.2) is 12.8 Å². The molecule has 1 rings (SSSR count). The molecule has 1 aliphatic heterocycles. The first kappa shape index (κ1) is 11.5. The largest absolute Gasteiger partial charge is 0.502 e. The Morgan fingerprint density at radius 1 is 1.43 bits per heavy atom. The van der Waals surface area contributed by atoms with Gasteiger partial charge in [0.1, 0.15) is 0 Å². The van der Waals surface area contributed by atoms with Crippen LogP contribution in [0.4, 0.5) is 0 Å². The summed E-state index contributed by atoms with van der Waals surface area (Å²) < 4.78 is 5.04. The van der Waals surface area contributed by atoms with Gasteiger partial charge in [0.25, 0.3) is 0 Å². The monoisotopic (exact) mass is 198 g/mol. The molecule has 0 amide bonds. The molecule has 3 nitrogen and oxygen atoms in total. The SMILES string of the molecule is C=COCCCNCC1CCNCC1. The van der Waals surface area contributed by atoms with Gasteiger partial charge < -0.3 is 15.4 Å². The molecule has 0 aromatic carbocycles. The predicted molar refractivity (Wildman–Crippen MR) is 59.2 cm³/mol. The highest BCUT2D eigenvalue weighted by Crippen LogP contribution is 2.09. The summed E-state index contributed by atoms with van der Waals surface area (Å²) in [7, 11) is 0. The number of hydrogen-bond donors (Lipinski definition) is 2. The van der Waals surface area contributed by atoms with E-state index in [4.69, 9.17) is 4.74 Å². The lowest BCUT2D eigenvalue weighted by Crippen LogP contribution is -2.34. The van der Waals surface area contributed by atoms with Crippen LogP contribution in [0.25, 0.3) is 0 Å². The highest BCUT2D eigenvalue weighted by atomic mass is 16.5. The Morgan fingerprint density at radius 2 is 2.21 bits per heavy atom. The summed E-state index contributed by atoms with van der Waals surface area (Å²) in [6.45, 7) is 8.87. The highest BCUT2D eigenvalue weighted by Gasteiger charge is 2.11. The second-order valence-electron chi connectivity index (χ2n) is 3.79. The maximum Gasteiger partial charge on any atom is 0.0885 e. The van der Waals surface area contributed by atoms with Gasteiger partial charge in [0.05, 0.1) is 12.9 Å². The van der Waals surface area contributed by atoms with E-state index in [0.717, 1.165) is 32.0 Å². The van der Waals surface area contributed by atoms with Crippen LogP contribution in [0.1, 0.15) is 19.3 Å². The second-order valence-corrected chi connectivity index (χ2v) is 3.79. The molecule has 0 atom stereocenters. The summed E-state index contributed by atoms with van der Waals surface area (Å²) in [6.07, 6.45) is 5.20. The fraction of sp³-hybridized carbons (Fsp3) is 0.818. The maximum absolute atomic E-state index is 5.04. The van der Waals surface area contributed by atoms with Gasteiger partial charge in [-0.15, -0.1) is 0 Å². The molecule has 0 aromatic heterocycles. The summed E-state index contributed by atoms with van der Waals surface area (Å²) >= 11 is 0. The second kappa shape index (κ2) is 7.83. The van der Waals surface area contributed by atoms with Gasteiger partial charge in [0.15, 0.2) is 0 Å². The van der Waals surface area contributed by atoms with Crippen LogP contribution in [0.2, 0.25) is 0 Å². The van der Waals surface area contributed by atoms with Crippen molar-refractivity contribution in [1.82, 2.24) is 10.6 Å². The first-order valence-electron chi connectivity index (χ1n) is 5.57. The number of ether oxygens (including phenoxy) is 1. The van der Waals surface area contributed by atoms with Crippen molar-refractivity contribution in [3.63, 3.8) is 0 Å². The quantitative estimate of drug-likeness (QED) is 0.475. The molecule has 14 heavy (non-hydrogen) atoms. The Morgan fingerprint density at radius 3 is 2.93 bits per heavy atom. The van der Waals surface area contributed by atoms with E-state index in [2.05, 4.69) is 17.2 Å². The number of nitrogens with one attached hydrogen (secondary N) is 2. The normalized spacial score (nSPS) is 18.0. The lowest BCUT2D eigenvalue weighted by Gasteiger charge is -2.22. The molecule has 3 heteroatoms. The van der Waals surface area contributed by atoms with Gasteiger partial charge >= 0.3 is 0 Å². The molecule has 1 heterocycles. The Bertz CT molecular complexity index is 144. The Labute approximate surface area is 86.9 Å². The van der Waals surface area contributed by atoms with Crippen LogP contribution in [-0.2, 0) is 4.74 Å². The molecule has 0 aromatic rings. The van der Waals surface area contributed by atoms with Crippen LogP contribution >= 0.6 is 0 Å². The Balaban J connectivity index is 1.85. The molecule has 1 saturated heterocycles. The molecule has 0 spiro atoms. The molecular weight excluding hydrogens is 176 g/mol. The molecule has 82 valence electrons. The smallest absolute Gasteiger partial charge is 0.0885 e. The molecule has 0 aliphatic carbocycles. The molecular formula is C11H22N2O. The van der Waals surface area contributed by atoms with Crippen molar-refractivity contribution in [3.8, 4) is 0 Å². The Kier molecular flexibility index (Phi) is 6.45. The molecule has 0 radical (unpaired) electrons. The minimum Gasteiger partial charge on any atom is -0.502 e. The molecule has 0 saturated carbocycles. The van der Waals surface area contributed by atoms with Gasteiger partial charge in [-0.1, -0.05) is 6.58 Å². The summed E-state index contributed by atoms with van der Waals surface area (Å²) in [5.41, 5.74) is 0. The average molecular weight is 198 g/mol. The van der Waals surface area contributed by atoms with E-state index in [1.165, 1.54) is 32.2 Å². The van der Waals surface area contributed by atoms with E-state index in [0.29, 0.717) is 0 Å². The van der Waals surface area contributed by atoms with Crippen molar-refractivity contribution in [3.05, 3.63) is 12.8 Å². The van der Waals surface area contributed by atoms with Crippen molar-refractivity contribution in [1.29, 1.82) is 0 Å². The fourth-order valence-corrected chi connectivity index (χ4v) is 1.76. The first-order valence-corrected chi connectivity index (χ1v) is 5.57. The van der Waals surface area contributed by atoms with E-state index < -0.39 is 0 Å². The molecule has 1 aliphatic rings. The van der Waals surface area contributed by atoms with E-state index in [1.807, 2.05) is 0 Å². The van der Waals surface area contributed by atoms with Crippen molar-refractivity contribution < 1.29 is 4.74 Å². The Hall–Kier alpha value is -0.540. The van der Waals surface area contributed by atoms with Crippen LogP contribution in [0.3, 0.4) is 0 Å². The van der Waals surface area contributed by atoms with Gasteiger partial charge in [-0.05, 0) is 51.4 Å². The standard InChI is InChI=1S/C11H22N2O/c1-2-14-9-3-6-13-10-11-4-7-12-8-5-11/h2,11-13H,1,3-10H2. The van der Waals surface area contributed by atoms with Gasteiger partial charge in [-0.3, -0.25) is 0 Å². The highest BCUT2D eigenvalue weighted by molar-refractivity contribution is 4.70. The van der Waals surface area contributed by atoms with Crippen molar-refractivity contribution in [2.75, 3.05) is 32.8 Å². The molecule has 2 N–H and O–H groups in total. The molecule has 1 fully saturated rings. The van der Waals surface area contributed by atoms with E-state index in [-0.39, 0.29) is 0 Å². The van der Waals surface area contributed by atoms with Crippen LogP contribution in [0.5, 0.6) is 0 Å². The third-order valence-electron chi connectivity index (χ3n) is 2.63. The van der Waals surface area contributed by atoms with Gasteiger partial charge in [0, 0.05) is 0 Å². The zero-order chi connectivity index (χ0) is 10.1. The van der Waals surface area contributed by atoms with Crippen molar-refractivity contribution in [2.45, 2.75) is 19.3 Å². The maximum atomic E-state index is 5.04. The molecule has 0 bridgehead atoms. The lowest BCUT2D eigenvalue weighted by atomic mass is 9.98. The van der Waals surface area contributed by atoms with Crippen LogP contribution in [-0.4, -0.2) is 32.8 Å². The fourth-order valence-electron chi connectivity index (χ4n) is 1.76. The number of piperidine rings is 1. The van der Waals surface area contributed by atoms with Gasteiger partial charge in [-0.2, -0.15) is 0 Å². The summed E-state index contributed by atoms with van der Waals surface area (Å²) in [4.78, 5) is 0. The third-order valence-corrected chi connectivity index (χ3v) is 2.63. The first-order chi connectivity index (χ1) is 6.93. The minimum atomic E-state index is 0.780. The summed E-state index contributed by atoms with van der Waals surface area (Å²) in [6, 6.07) is 0. The summed E-state index contributed by atoms with van der Waals surface area (Å²) in [5, 5.41) is 6.85. The van der Waals surface area contributed by atoms with Gasteiger partial charge in [-0.25, -0.2) is 0 Å². The van der Waals surface area contributed by atoms with E-state index in [9.17, 15) is 0 Å². The van der Waals surface area contributed by atoms with Crippen LogP contribution in [0, 0.1) is 5.92 Å². The lowest BCUT2D eigenvalue weighted by molar-refractivity contribution is 0.242. The summed E-state index contributed by atoms with van der Waals surface area (Å²) in [5.74, 6) is 0.872. The average Bonchev–Trinajstić information content (AvgIpc) is 2.25. The van der Waals surface area contributed by atoms with Crippen LogP contribution < -0.4 is 10.6 Å².